The molecule has 2 aromatic rings. The number of nitrogens with one attached hydrogen (secondary N) is 1. The minimum absolute atomic E-state index is 0.0410. The van der Waals surface area contributed by atoms with Crippen LogP contribution in [0, 0.1) is 6.92 Å². The molecular weight excluding hydrogens is 282 g/mol. The lowest BCUT2D eigenvalue weighted by Crippen LogP contribution is -2.23. The van der Waals surface area contributed by atoms with Gasteiger partial charge in [0.15, 0.2) is 11.5 Å². The summed E-state index contributed by atoms with van der Waals surface area (Å²) < 4.78 is 10.5. The van der Waals surface area contributed by atoms with Crippen LogP contribution in [0.1, 0.15) is 21.5 Å². The Morgan fingerprint density at radius 1 is 1.18 bits per heavy atom. The van der Waals surface area contributed by atoms with Crippen molar-refractivity contribution in [3.05, 3.63) is 53.1 Å². The zero-order valence-corrected chi connectivity index (χ0v) is 12.8. The van der Waals surface area contributed by atoms with E-state index in [9.17, 15) is 9.90 Å². The molecule has 2 rings (SSSR count). The van der Waals surface area contributed by atoms with Crippen molar-refractivity contribution in [3.63, 3.8) is 0 Å². The van der Waals surface area contributed by atoms with E-state index in [1.54, 1.807) is 32.4 Å². The third-order valence-electron chi connectivity index (χ3n) is 3.32. The quantitative estimate of drug-likeness (QED) is 0.891. The second-order valence-corrected chi connectivity index (χ2v) is 4.86. The Hall–Kier alpha value is -2.69. The number of aromatic hydroxyl groups is 1. The molecule has 0 bridgehead atoms. The van der Waals surface area contributed by atoms with Crippen molar-refractivity contribution >= 4 is 5.91 Å². The van der Waals surface area contributed by atoms with Crippen molar-refractivity contribution in [1.29, 1.82) is 0 Å². The molecule has 0 aromatic heterocycles. The molecule has 0 saturated heterocycles. The number of hydrogen-bond acceptors (Lipinski definition) is 4. The van der Waals surface area contributed by atoms with Crippen LogP contribution in [-0.4, -0.2) is 25.2 Å². The number of hydrogen-bond donors (Lipinski definition) is 2. The van der Waals surface area contributed by atoms with Crippen molar-refractivity contribution < 1.29 is 19.4 Å². The third-order valence-corrected chi connectivity index (χ3v) is 3.32. The standard InChI is InChI=1S/C17H19NO4/c1-11-7-8-14(19)13(9-11)17(20)18-10-12-5-4-6-15(21-2)16(12)22-3/h4-9,19H,10H2,1-3H3,(H,18,20). The molecule has 116 valence electrons. The summed E-state index contributed by atoms with van der Waals surface area (Å²) >= 11 is 0. The lowest BCUT2D eigenvalue weighted by Gasteiger charge is -2.13. The van der Waals surface area contributed by atoms with Gasteiger partial charge in [-0.3, -0.25) is 4.79 Å². The molecule has 2 N–H and O–H groups in total. The van der Waals surface area contributed by atoms with Gasteiger partial charge in [-0.15, -0.1) is 0 Å². The fourth-order valence-electron chi connectivity index (χ4n) is 2.20. The van der Waals surface area contributed by atoms with Gasteiger partial charge in [-0.25, -0.2) is 0 Å². The Morgan fingerprint density at radius 3 is 2.64 bits per heavy atom. The van der Waals surface area contributed by atoms with E-state index in [0.29, 0.717) is 11.5 Å². The van der Waals surface area contributed by atoms with Gasteiger partial charge in [-0.1, -0.05) is 23.8 Å². The van der Waals surface area contributed by atoms with Crippen LogP contribution in [0.3, 0.4) is 0 Å². The molecule has 0 aliphatic rings. The Kier molecular flexibility index (Phi) is 4.88. The van der Waals surface area contributed by atoms with E-state index < -0.39 is 0 Å². The summed E-state index contributed by atoms with van der Waals surface area (Å²) in [5.41, 5.74) is 1.95. The molecule has 22 heavy (non-hydrogen) atoms. The van der Waals surface area contributed by atoms with Crippen LogP contribution in [0.5, 0.6) is 17.2 Å². The van der Waals surface area contributed by atoms with E-state index in [2.05, 4.69) is 5.32 Å². The number of phenols is 1. The summed E-state index contributed by atoms with van der Waals surface area (Å²) in [6.45, 7) is 2.13. The average Bonchev–Trinajstić information content (AvgIpc) is 2.54. The molecule has 0 spiro atoms. The number of para-hydroxylation sites is 1. The molecule has 2 aromatic carbocycles. The highest BCUT2D eigenvalue weighted by Gasteiger charge is 2.14. The molecule has 0 heterocycles. The van der Waals surface area contributed by atoms with Crippen LogP contribution >= 0.6 is 0 Å². The number of aryl methyl sites for hydroxylation is 1. The molecule has 0 unspecified atom stereocenters. The Labute approximate surface area is 129 Å². The van der Waals surface area contributed by atoms with E-state index in [4.69, 9.17) is 9.47 Å². The molecule has 0 aliphatic heterocycles. The molecular formula is C17H19NO4. The average molecular weight is 301 g/mol. The lowest BCUT2D eigenvalue weighted by molar-refractivity contribution is 0.0948. The summed E-state index contributed by atoms with van der Waals surface area (Å²) in [5, 5.41) is 12.6. The van der Waals surface area contributed by atoms with Crippen molar-refractivity contribution in [2.24, 2.45) is 0 Å². The van der Waals surface area contributed by atoms with Crippen LogP contribution in [0.15, 0.2) is 36.4 Å². The highest BCUT2D eigenvalue weighted by Crippen LogP contribution is 2.30. The molecule has 0 aliphatic carbocycles. The van der Waals surface area contributed by atoms with Crippen LogP contribution in [-0.2, 0) is 6.54 Å². The third kappa shape index (κ3) is 3.31. The van der Waals surface area contributed by atoms with Gasteiger partial charge in [0.1, 0.15) is 5.75 Å². The Bertz CT molecular complexity index is 682. The van der Waals surface area contributed by atoms with Gasteiger partial charge in [-0.05, 0) is 25.1 Å². The molecule has 0 fully saturated rings. The van der Waals surface area contributed by atoms with Gasteiger partial charge in [0.25, 0.3) is 5.91 Å². The maximum absolute atomic E-state index is 12.2. The van der Waals surface area contributed by atoms with Crippen LogP contribution in [0.4, 0.5) is 0 Å². The van der Waals surface area contributed by atoms with Gasteiger partial charge >= 0.3 is 0 Å². The fraction of sp³-hybridized carbons (Fsp3) is 0.235. The predicted octanol–water partition coefficient (Wildman–Crippen LogP) is 2.65. The fourth-order valence-corrected chi connectivity index (χ4v) is 2.20. The molecule has 0 atom stereocenters. The summed E-state index contributed by atoms with van der Waals surface area (Å²) in [5.74, 6) is 0.804. The first-order chi connectivity index (χ1) is 10.6. The van der Waals surface area contributed by atoms with E-state index in [1.165, 1.54) is 6.07 Å². The maximum atomic E-state index is 12.2. The molecule has 5 heteroatoms. The van der Waals surface area contributed by atoms with E-state index in [0.717, 1.165) is 11.1 Å². The number of amides is 1. The molecule has 5 nitrogen and oxygen atoms in total. The van der Waals surface area contributed by atoms with Gasteiger partial charge in [0.05, 0.1) is 19.8 Å². The Balaban J connectivity index is 2.16. The van der Waals surface area contributed by atoms with Crippen LogP contribution in [0.25, 0.3) is 0 Å². The summed E-state index contributed by atoms with van der Waals surface area (Å²) in [6, 6.07) is 10.4. The van der Waals surface area contributed by atoms with Crippen molar-refractivity contribution in [2.75, 3.05) is 14.2 Å². The number of ether oxygens (including phenoxy) is 2. The highest BCUT2D eigenvalue weighted by molar-refractivity contribution is 5.97. The number of rotatable bonds is 5. The topological polar surface area (TPSA) is 67.8 Å². The number of carbonyl (C=O) groups excluding carboxylic acids is 1. The molecule has 0 radical (unpaired) electrons. The SMILES string of the molecule is COc1cccc(CNC(=O)c2cc(C)ccc2O)c1OC. The number of benzene rings is 2. The van der Waals surface area contributed by atoms with Crippen molar-refractivity contribution in [3.8, 4) is 17.2 Å². The van der Waals surface area contributed by atoms with E-state index in [1.807, 2.05) is 19.1 Å². The van der Waals surface area contributed by atoms with E-state index in [-0.39, 0.29) is 23.8 Å². The van der Waals surface area contributed by atoms with Crippen LogP contribution < -0.4 is 14.8 Å². The minimum Gasteiger partial charge on any atom is -0.507 e. The maximum Gasteiger partial charge on any atom is 0.255 e. The summed E-state index contributed by atoms with van der Waals surface area (Å²) in [6.07, 6.45) is 0. The first-order valence-electron chi connectivity index (χ1n) is 6.84. The van der Waals surface area contributed by atoms with E-state index >= 15 is 0 Å². The lowest BCUT2D eigenvalue weighted by atomic mass is 10.1. The monoisotopic (exact) mass is 301 g/mol. The van der Waals surface area contributed by atoms with Crippen molar-refractivity contribution in [2.45, 2.75) is 13.5 Å². The van der Waals surface area contributed by atoms with Gasteiger partial charge < -0.3 is 19.9 Å². The number of phenolic OH excluding ortho intramolecular Hbond substituents is 1. The zero-order chi connectivity index (χ0) is 16.1. The number of methoxy groups -OCH3 is 2. The largest absolute Gasteiger partial charge is 0.507 e. The summed E-state index contributed by atoms with van der Waals surface area (Å²) in [4.78, 5) is 12.2. The predicted molar refractivity (Wildman–Crippen MR) is 83.6 cm³/mol. The van der Waals surface area contributed by atoms with Crippen LogP contribution in [0.2, 0.25) is 0 Å². The second kappa shape index (κ2) is 6.85. The van der Waals surface area contributed by atoms with Crippen molar-refractivity contribution in [1.82, 2.24) is 5.32 Å². The minimum atomic E-state index is -0.342. The van der Waals surface area contributed by atoms with Gasteiger partial charge in [0.2, 0.25) is 0 Å². The Morgan fingerprint density at radius 2 is 1.95 bits per heavy atom. The molecule has 1 amide bonds. The van der Waals surface area contributed by atoms with Gasteiger partial charge in [-0.2, -0.15) is 0 Å². The highest BCUT2D eigenvalue weighted by atomic mass is 16.5. The molecule has 0 saturated carbocycles. The normalized spacial score (nSPS) is 10.1. The number of carbonyl (C=O) groups is 1. The first-order valence-corrected chi connectivity index (χ1v) is 6.84. The second-order valence-electron chi connectivity index (χ2n) is 4.86. The smallest absolute Gasteiger partial charge is 0.255 e. The zero-order valence-electron chi connectivity index (χ0n) is 12.8. The van der Waals surface area contributed by atoms with Gasteiger partial charge in [0, 0.05) is 12.1 Å². The summed E-state index contributed by atoms with van der Waals surface area (Å²) in [7, 11) is 3.11. The first kappa shape index (κ1) is 15.7.